The molecule has 4 heteroatoms. The number of carbonyl (C=O) groups is 1. The van der Waals surface area contributed by atoms with Crippen LogP contribution in [-0.2, 0) is 11.2 Å². The Hall–Kier alpha value is -1.03. The maximum Gasteiger partial charge on any atom is 0.229 e. The minimum atomic E-state index is -0.0409. The van der Waals surface area contributed by atoms with E-state index in [2.05, 4.69) is 28.9 Å². The zero-order chi connectivity index (χ0) is 14.4. The van der Waals surface area contributed by atoms with Gasteiger partial charge < -0.3 is 9.64 Å². The number of hydrogen-bond acceptors (Lipinski definition) is 2. The van der Waals surface area contributed by atoms with E-state index >= 15 is 0 Å². The van der Waals surface area contributed by atoms with Crippen molar-refractivity contribution in [3.05, 3.63) is 29.8 Å². The molecule has 0 N–H and O–H groups in total. The monoisotopic (exact) mass is 339 g/mol. The molecule has 0 saturated heterocycles. The van der Waals surface area contributed by atoms with Crippen LogP contribution in [-0.4, -0.2) is 35.8 Å². The van der Waals surface area contributed by atoms with Gasteiger partial charge in [-0.05, 0) is 24.5 Å². The predicted octanol–water partition coefficient (Wildman–Crippen LogP) is 3.26. The zero-order valence-corrected chi connectivity index (χ0v) is 13.6. The van der Waals surface area contributed by atoms with Crippen molar-refractivity contribution >= 4 is 21.8 Å². The molecule has 1 aromatic carbocycles. The van der Waals surface area contributed by atoms with Crippen molar-refractivity contribution in [1.29, 1.82) is 0 Å². The fourth-order valence-corrected chi connectivity index (χ4v) is 2.96. The highest BCUT2D eigenvalue weighted by molar-refractivity contribution is 9.09. The van der Waals surface area contributed by atoms with E-state index in [4.69, 9.17) is 4.74 Å². The highest BCUT2D eigenvalue weighted by atomic mass is 79.9. The molecule has 1 aliphatic heterocycles. The van der Waals surface area contributed by atoms with Gasteiger partial charge in [0.1, 0.15) is 12.4 Å². The van der Waals surface area contributed by atoms with Crippen LogP contribution in [0, 0.1) is 5.92 Å². The molecule has 2 rings (SSSR count). The molecule has 1 unspecified atom stereocenters. The highest BCUT2D eigenvalue weighted by Gasteiger charge is 2.28. The van der Waals surface area contributed by atoms with Crippen LogP contribution in [0.2, 0.25) is 0 Å². The Balaban J connectivity index is 2.01. The van der Waals surface area contributed by atoms with E-state index in [0.29, 0.717) is 6.61 Å². The summed E-state index contributed by atoms with van der Waals surface area (Å²) in [5, 5.41) is 0.826. The number of fused-ring (bicyclic) bond motifs is 1. The molecule has 3 nitrogen and oxygen atoms in total. The maximum absolute atomic E-state index is 12.6. The predicted molar refractivity (Wildman–Crippen MR) is 84.4 cm³/mol. The molecule has 1 aromatic rings. The van der Waals surface area contributed by atoms with Crippen LogP contribution in [0.25, 0.3) is 0 Å². The minimum Gasteiger partial charge on any atom is -0.492 e. The Kier molecular flexibility index (Phi) is 5.89. The van der Waals surface area contributed by atoms with Gasteiger partial charge in [0.05, 0.1) is 5.92 Å². The van der Waals surface area contributed by atoms with E-state index in [1.165, 1.54) is 0 Å². The second-order valence-electron chi connectivity index (χ2n) is 5.19. The normalized spacial score (nSPS) is 17.2. The summed E-state index contributed by atoms with van der Waals surface area (Å²) in [6.07, 6.45) is 2.96. The Morgan fingerprint density at radius 2 is 2.20 bits per heavy atom. The number of halogens is 1. The maximum atomic E-state index is 12.6. The SMILES string of the molecule is CCCCN(CCBr)C(=O)C1COc2ccccc2C1. The van der Waals surface area contributed by atoms with Crippen molar-refractivity contribution in [2.45, 2.75) is 26.2 Å². The van der Waals surface area contributed by atoms with Gasteiger partial charge in [0.25, 0.3) is 0 Å². The molecule has 1 heterocycles. The van der Waals surface area contributed by atoms with Gasteiger partial charge in [0.2, 0.25) is 5.91 Å². The van der Waals surface area contributed by atoms with Crippen LogP contribution < -0.4 is 4.74 Å². The Labute approximate surface area is 129 Å². The number of amides is 1. The summed E-state index contributed by atoms with van der Waals surface area (Å²) in [7, 11) is 0. The third kappa shape index (κ3) is 3.75. The van der Waals surface area contributed by atoms with E-state index in [1.807, 2.05) is 23.1 Å². The van der Waals surface area contributed by atoms with E-state index in [0.717, 1.165) is 49.0 Å². The molecule has 20 heavy (non-hydrogen) atoms. The molecular weight excluding hydrogens is 318 g/mol. The lowest BCUT2D eigenvalue weighted by Crippen LogP contribution is -2.42. The molecule has 1 aliphatic rings. The summed E-state index contributed by atoms with van der Waals surface area (Å²) in [5.41, 5.74) is 1.14. The van der Waals surface area contributed by atoms with E-state index in [-0.39, 0.29) is 11.8 Å². The number of carbonyl (C=O) groups excluding carboxylic acids is 1. The van der Waals surface area contributed by atoms with Crippen LogP contribution in [0.15, 0.2) is 24.3 Å². The van der Waals surface area contributed by atoms with Gasteiger partial charge in [-0.25, -0.2) is 0 Å². The molecule has 1 atom stereocenters. The number of ether oxygens (including phenoxy) is 1. The van der Waals surface area contributed by atoms with Gasteiger partial charge in [-0.15, -0.1) is 0 Å². The summed E-state index contributed by atoms with van der Waals surface area (Å²) >= 11 is 3.43. The first-order valence-electron chi connectivity index (χ1n) is 7.31. The van der Waals surface area contributed by atoms with Gasteiger partial charge in [-0.3, -0.25) is 4.79 Å². The molecule has 0 fully saturated rings. The minimum absolute atomic E-state index is 0.0409. The van der Waals surface area contributed by atoms with Gasteiger partial charge in [0, 0.05) is 18.4 Å². The van der Waals surface area contributed by atoms with Crippen LogP contribution in [0.5, 0.6) is 5.75 Å². The summed E-state index contributed by atoms with van der Waals surface area (Å²) in [4.78, 5) is 14.6. The number of unbranched alkanes of at least 4 members (excludes halogenated alkanes) is 1. The molecular formula is C16H22BrNO2. The molecule has 0 bridgehead atoms. The summed E-state index contributed by atoms with van der Waals surface area (Å²) < 4.78 is 5.73. The van der Waals surface area contributed by atoms with Crippen molar-refractivity contribution in [1.82, 2.24) is 4.90 Å². The number of benzene rings is 1. The summed E-state index contributed by atoms with van der Waals surface area (Å²) in [5.74, 6) is 1.12. The second kappa shape index (κ2) is 7.67. The van der Waals surface area contributed by atoms with E-state index < -0.39 is 0 Å². The van der Waals surface area contributed by atoms with Crippen molar-refractivity contribution in [3.63, 3.8) is 0 Å². The lowest BCUT2D eigenvalue weighted by molar-refractivity contribution is -0.136. The average molecular weight is 340 g/mol. The standard InChI is InChI=1S/C16H22BrNO2/c1-2-3-9-18(10-8-17)16(19)14-11-13-6-4-5-7-15(13)20-12-14/h4-7,14H,2-3,8-12H2,1H3. The third-order valence-electron chi connectivity index (χ3n) is 3.68. The first-order valence-corrected chi connectivity index (χ1v) is 8.43. The smallest absolute Gasteiger partial charge is 0.229 e. The molecule has 0 radical (unpaired) electrons. The van der Waals surface area contributed by atoms with Gasteiger partial charge in [-0.1, -0.05) is 47.5 Å². The lowest BCUT2D eigenvalue weighted by atomic mass is 9.95. The van der Waals surface area contributed by atoms with Crippen LogP contribution in [0.4, 0.5) is 0 Å². The fraction of sp³-hybridized carbons (Fsp3) is 0.562. The summed E-state index contributed by atoms with van der Waals surface area (Å²) in [6, 6.07) is 8.00. The zero-order valence-electron chi connectivity index (χ0n) is 12.0. The van der Waals surface area contributed by atoms with Crippen molar-refractivity contribution in [2.75, 3.05) is 25.0 Å². The Morgan fingerprint density at radius 1 is 1.40 bits per heavy atom. The third-order valence-corrected chi connectivity index (χ3v) is 4.03. The van der Waals surface area contributed by atoms with Crippen LogP contribution in [0.3, 0.4) is 0 Å². The van der Waals surface area contributed by atoms with Crippen molar-refractivity contribution in [3.8, 4) is 5.75 Å². The first-order chi connectivity index (χ1) is 9.76. The van der Waals surface area contributed by atoms with Crippen molar-refractivity contribution in [2.24, 2.45) is 5.92 Å². The molecule has 0 aromatic heterocycles. The molecule has 0 saturated carbocycles. The fourth-order valence-electron chi connectivity index (χ4n) is 2.53. The lowest BCUT2D eigenvalue weighted by Gasteiger charge is -2.30. The quantitative estimate of drug-likeness (QED) is 0.744. The van der Waals surface area contributed by atoms with Gasteiger partial charge in [0.15, 0.2) is 0 Å². The average Bonchev–Trinajstić information content (AvgIpc) is 2.50. The Morgan fingerprint density at radius 3 is 2.95 bits per heavy atom. The number of nitrogens with zero attached hydrogens (tertiary/aromatic N) is 1. The largest absolute Gasteiger partial charge is 0.492 e. The number of rotatable bonds is 6. The Bertz CT molecular complexity index is 450. The van der Waals surface area contributed by atoms with Gasteiger partial charge in [-0.2, -0.15) is 0 Å². The number of alkyl halides is 1. The van der Waals surface area contributed by atoms with E-state index in [1.54, 1.807) is 0 Å². The summed E-state index contributed by atoms with van der Waals surface area (Å²) in [6.45, 7) is 4.27. The first kappa shape index (κ1) is 15.4. The van der Waals surface area contributed by atoms with Crippen LogP contribution in [0.1, 0.15) is 25.3 Å². The molecule has 0 aliphatic carbocycles. The number of hydrogen-bond donors (Lipinski definition) is 0. The van der Waals surface area contributed by atoms with Gasteiger partial charge >= 0.3 is 0 Å². The highest BCUT2D eigenvalue weighted by Crippen LogP contribution is 2.27. The number of para-hydroxylation sites is 1. The van der Waals surface area contributed by atoms with E-state index in [9.17, 15) is 4.79 Å². The topological polar surface area (TPSA) is 29.5 Å². The molecule has 1 amide bonds. The van der Waals surface area contributed by atoms with Crippen molar-refractivity contribution < 1.29 is 9.53 Å². The second-order valence-corrected chi connectivity index (χ2v) is 5.98. The molecule has 110 valence electrons. The van der Waals surface area contributed by atoms with Crippen LogP contribution >= 0.6 is 15.9 Å². The molecule has 0 spiro atoms.